The Morgan fingerprint density at radius 3 is 2.09 bits per heavy atom. The lowest BCUT2D eigenvalue weighted by atomic mass is 10.1. The van der Waals surface area contributed by atoms with Crippen molar-refractivity contribution < 1.29 is 37.8 Å². The Balaban J connectivity index is 1.44. The number of ketones is 1. The van der Waals surface area contributed by atoms with E-state index in [1.807, 2.05) is 0 Å². The van der Waals surface area contributed by atoms with Gasteiger partial charge in [-0.1, -0.05) is 0 Å². The lowest BCUT2D eigenvalue weighted by molar-refractivity contribution is -0.131. The molecule has 0 N–H and O–H groups in total. The molecule has 0 aromatic heterocycles. The Morgan fingerprint density at radius 1 is 0.824 bits per heavy atom. The number of halogens is 1. The first-order valence-corrected chi connectivity index (χ1v) is 10.0. The van der Waals surface area contributed by atoms with Crippen LogP contribution in [-0.4, -0.2) is 36.1 Å². The highest BCUT2D eigenvalue weighted by Gasteiger charge is 2.37. The number of benzene rings is 3. The van der Waals surface area contributed by atoms with Gasteiger partial charge in [-0.15, -0.1) is 0 Å². The van der Waals surface area contributed by atoms with Crippen LogP contribution < -0.4 is 9.64 Å². The molecular formula is C25H16FNO7. The molecule has 3 aromatic carbocycles. The van der Waals surface area contributed by atoms with E-state index in [2.05, 4.69) is 0 Å². The minimum Gasteiger partial charge on any atom is -0.454 e. The summed E-state index contributed by atoms with van der Waals surface area (Å²) in [5.74, 6) is -3.34. The molecule has 0 saturated carbocycles. The van der Waals surface area contributed by atoms with Gasteiger partial charge in [-0.25, -0.2) is 14.1 Å². The molecule has 0 bridgehead atoms. The number of hydrogen-bond acceptors (Lipinski definition) is 7. The predicted molar refractivity (Wildman–Crippen MR) is 116 cm³/mol. The smallest absolute Gasteiger partial charge is 0.338 e. The number of carbonyl (C=O) groups excluding carboxylic acids is 5. The molecule has 34 heavy (non-hydrogen) atoms. The first kappa shape index (κ1) is 22.5. The number of esters is 2. The van der Waals surface area contributed by atoms with Crippen molar-refractivity contribution in [1.82, 2.24) is 0 Å². The van der Waals surface area contributed by atoms with Gasteiger partial charge in [-0.05, 0) is 66.7 Å². The van der Waals surface area contributed by atoms with Crippen molar-refractivity contribution in [3.63, 3.8) is 0 Å². The van der Waals surface area contributed by atoms with E-state index in [0.717, 1.165) is 17.0 Å². The highest BCUT2D eigenvalue weighted by Crippen LogP contribution is 2.29. The Morgan fingerprint density at radius 2 is 1.44 bits per heavy atom. The number of fused-ring (bicyclic) bond motifs is 1. The van der Waals surface area contributed by atoms with Crippen molar-refractivity contribution in [2.45, 2.75) is 6.92 Å². The maximum atomic E-state index is 13.2. The van der Waals surface area contributed by atoms with Gasteiger partial charge in [-0.3, -0.25) is 19.2 Å². The lowest BCUT2D eigenvalue weighted by Crippen LogP contribution is -2.29. The fourth-order valence-electron chi connectivity index (χ4n) is 3.37. The van der Waals surface area contributed by atoms with Crippen molar-refractivity contribution in [2.75, 3.05) is 11.5 Å². The van der Waals surface area contributed by atoms with E-state index < -0.39 is 42.0 Å². The van der Waals surface area contributed by atoms with Gasteiger partial charge < -0.3 is 9.47 Å². The number of imide groups is 1. The van der Waals surface area contributed by atoms with Crippen LogP contribution in [0.2, 0.25) is 0 Å². The number of amides is 2. The summed E-state index contributed by atoms with van der Waals surface area (Å²) < 4.78 is 23.1. The molecule has 0 atom stereocenters. The van der Waals surface area contributed by atoms with E-state index in [4.69, 9.17) is 9.47 Å². The van der Waals surface area contributed by atoms with E-state index in [9.17, 15) is 28.4 Å². The molecule has 170 valence electrons. The lowest BCUT2D eigenvalue weighted by Gasteiger charge is -2.13. The Kier molecular flexibility index (Phi) is 6.01. The van der Waals surface area contributed by atoms with Gasteiger partial charge in [0.25, 0.3) is 11.8 Å². The number of rotatable bonds is 6. The molecule has 1 heterocycles. The zero-order chi connectivity index (χ0) is 24.4. The third-order valence-corrected chi connectivity index (χ3v) is 4.98. The molecule has 2 amide bonds. The van der Waals surface area contributed by atoms with Crippen LogP contribution in [0.5, 0.6) is 5.75 Å². The van der Waals surface area contributed by atoms with Crippen molar-refractivity contribution in [3.8, 4) is 5.75 Å². The van der Waals surface area contributed by atoms with E-state index >= 15 is 0 Å². The number of carbonyl (C=O) groups is 5. The molecule has 0 unspecified atom stereocenters. The monoisotopic (exact) mass is 461 g/mol. The van der Waals surface area contributed by atoms with Crippen LogP contribution in [0, 0.1) is 5.82 Å². The summed E-state index contributed by atoms with van der Waals surface area (Å²) in [6.45, 7) is 0.693. The molecule has 3 aromatic rings. The standard InChI is InChI=1S/C25H16FNO7/c1-14(28)34-19-9-2-15(3-10-19)22(29)13-33-25(32)16-4-11-20-21(12-16)24(31)27(23(20)30)18-7-5-17(26)6-8-18/h2-12H,13H2,1H3. The topological polar surface area (TPSA) is 107 Å². The van der Waals surface area contributed by atoms with E-state index in [0.29, 0.717) is 0 Å². The first-order chi connectivity index (χ1) is 16.2. The Bertz CT molecular complexity index is 1330. The second-order valence-electron chi connectivity index (χ2n) is 7.30. The molecule has 0 fully saturated rings. The van der Waals surface area contributed by atoms with Crippen LogP contribution in [0.1, 0.15) is 48.4 Å². The molecule has 0 aliphatic carbocycles. The second-order valence-corrected chi connectivity index (χ2v) is 7.30. The van der Waals surface area contributed by atoms with Gasteiger partial charge in [0.1, 0.15) is 11.6 Å². The Hall–Kier alpha value is -4.66. The largest absolute Gasteiger partial charge is 0.454 e. The van der Waals surface area contributed by atoms with Crippen LogP contribution in [0.15, 0.2) is 66.7 Å². The summed E-state index contributed by atoms with van der Waals surface area (Å²) >= 11 is 0. The minimum atomic E-state index is -0.854. The van der Waals surface area contributed by atoms with E-state index in [1.165, 1.54) is 61.5 Å². The minimum absolute atomic E-state index is 0.00355. The van der Waals surface area contributed by atoms with Crippen LogP contribution in [-0.2, 0) is 9.53 Å². The fraction of sp³-hybridized carbons (Fsp3) is 0.0800. The SMILES string of the molecule is CC(=O)Oc1ccc(C(=O)COC(=O)c2ccc3c(c2)C(=O)N(c2ccc(F)cc2)C3=O)cc1. The van der Waals surface area contributed by atoms with Gasteiger partial charge in [0.05, 0.1) is 22.4 Å². The predicted octanol–water partition coefficient (Wildman–Crippen LogP) is 3.59. The van der Waals surface area contributed by atoms with Crippen LogP contribution >= 0.6 is 0 Å². The van der Waals surface area contributed by atoms with Gasteiger partial charge in [0.15, 0.2) is 12.4 Å². The highest BCUT2D eigenvalue weighted by atomic mass is 19.1. The van der Waals surface area contributed by atoms with Gasteiger partial charge in [0.2, 0.25) is 0 Å². The van der Waals surface area contributed by atoms with E-state index in [-0.39, 0.29) is 33.7 Å². The van der Waals surface area contributed by atoms with Crippen molar-refractivity contribution in [3.05, 3.63) is 94.8 Å². The van der Waals surface area contributed by atoms with Crippen LogP contribution in [0.25, 0.3) is 0 Å². The summed E-state index contributed by atoms with van der Waals surface area (Å²) in [5.41, 5.74) is 0.514. The third kappa shape index (κ3) is 4.44. The Labute approximate surface area is 192 Å². The first-order valence-electron chi connectivity index (χ1n) is 10.0. The van der Waals surface area contributed by atoms with E-state index in [1.54, 1.807) is 0 Å². The van der Waals surface area contributed by atoms with Crippen molar-refractivity contribution >= 4 is 35.2 Å². The number of Topliss-reactive ketones (excluding diaryl/α,β-unsaturated/α-hetero) is 1. The number of anilines is 1. The maximum absolute atomic E-state index is 13.2. The summed E-state index contributed by atoms with van der Waals surface area (Å²) in [6, 6.07) is 14.5. The summed E-state index contributed by atoms with van der Waals surface area (Å²) in [4.78, 5) is 62.0. The number of nitrogens with zero attached hydrogens (tertiary/aromatic N) is 1. The molecule has 0 saturated heterocycles. The van der Waals surface area contributed by atoms with Gasteiger partial charge in [-0.2, -0.15) is 0 Å². The highest BCUT2D eigenvalue weighted by molar-refractivity contribution is 6.34. The van der Waals surface area contributed by atoms with Crippen molar-refractivity contribution in [2.24, 2.45) is 0 Å². The maximum Gasteiger partial charge on any atom is 0.338 e. The zero-order valence-electron chi connectivity index (χ0n) is 17.7. The zero-order valence-corrected chi connectivity index (χ0v) is 17.7. The normalized spacial score (nSPS) is 12.4. The van der Waals surface area contributed by atoms with Crippen LogP contribution in [0.4, 0.5) is 10.1 Å². The van der Waals surface area contributed by atoms with Gasteiger partial charge >= 0.3 is 11.9 Å². The number of hydrogen-bond donors (Lipinski definition) is 0. The second kappa shape index (κ2) is 9.07. The molecule has 1 aliphatic rings. The van der Waals surface area contributed by atoms with Crippen molar-refractivity contribution in [1.29, 1.82) is 0 Å². The molecule has 1 aliphatic heterocycles. The van der Waals surface area contributed by atoms with Gasteiger partial charge in [0, 0.05) is 12.5 Å². The average molecular weight is 461 g/mol. The number of ether oxygens (including phenoxy) is 2. The molecule has 9 heteroatoms. The summed E-state index contributed by atoms with van der Waals surface area (Å²) in [6.07, 6.45) is 0. The average Bonchev–Trinajstić information content (AvgIpc) is 3.07. The molecule has 0 spiro atoms. The van der Waals surface area contributed by atoms with Crippen LogP contribution in [0.3, 0.4) is 0 Å². The third-order valence-electron chi connectivity index (χ3n) is 4.98. The summed E-state index contributed by atoms with van der Waals surface area (Å²) in [5, 5.41) is 0. The molecule has 4 rings (SSSR count). The fourth-order valence-corrected chi connectivity index (χ4v) is 3.37. The molecule has 8 nitrogen and oxygen atoms in total. The summed E-state index contributed by atoms with van der Waals surface area (Å²) in [7, 11) is 0. The quantitative estimate of drug-likeness (QED) is 0.239. The molecule has 0 radical (unpaired) electrons. The molecular weight excluding hydrogens is 445 g/mol.